The lowest BCUT2D eigenvalue weighted by Crippen LogP contribution is -2.49. The standard InChI is InChI=1S/C23H25NO3Si/c1-23(2,3)20-21(18-14-15-19(25)24(18)22(20)26)27-28(16-10-6-4-7-11-16)17-12-8-5-9-13-17/h4-14,20-21,28H,15H2,1-3H3. The summed E-state index contributed by atoms with van der Waals surface area (Å²) < 4.78 is 6.81. The first-order valence-electron chi connectivity index (χ1n) is 9.70. The van der Waals surface area contributed by atoms with Crippen molar-refractivity contribution in [3.63, 3.8) is 0 Å². The number of carbonyl (C=O) groups is 2. The van der Waals surface area contributed by atoms with E-state index in [1.807, 2.05) is 63.2 Å². The molecule has 28 heavy (non-hydrogen) atoms. The molecule has 5 heteroatoms. The van der Waals surface area contributed by atoms with Crippen molar-refractivity contribution < 1.29 is 14.0 Å². The number of imide groups is 1. The van der Waals surface area contributed by atoms with Crippen LogP contribution in [0.15, 0.2) is 72.4 Å². The summed E-state index contributed by atoms with van der Waals surface area (Å²) in [5.41, 5.74) is 0.429. The van der Waals surface area contributed by atoms with Gasteiger partial charge < -0.3 is 4.43 Å². The van der Waals surface area contributed by atoms with Crippen molar-refractivity contribution >= 4 is 31.2 Å². The van der Waals surface area contributed by atoms with Gasteiger partial charge in [-0.3, -0.25) is 14.5 Å². The molecular formula is C23H25NO3Si. The van der Waals surface area contributed by atoms with Crippen LogP contribution in [0, 0.1) is 11.3 Å². The molecule has 144 valence electrons. The molecular weight excluding hydrogens is 366 g/mol. The van der Waals surface area contributed by atoms with E-state index >= 15 is 0 Å². The van der Waals surface area contributed by atoms with Gasteiger partial charge >= 0.3 is 0 Å². The minimum atomic E-state index is -2.04. The fourth-order valence-corrected chi connectivity index (χ4v) is 6.61. The zero-order valence-corrected chi connectivity index (χ0v) is 17.6. The van der Waals surface area contributed by atoms with Gasteiger partial charge in [-0.2, -0.15) is 0 Å². The van der Waals surface area contributed by atoms with E-state index < -0.39 is 15.1 Å². The summed E-state index contributed by atoms with van der Waals surface area (Å²) in [5, 5.41) is 2.33. The number of rotatable bonds is 4. The Balaban J connectivity index is 1.76. The number of fused-ring (bicyclic) bond motifs is 1. The Morgan fingerprint density at radius 3 is 1.96 bits per heavy atom. The highest BCUT2D eigenvalue weighted by molar-refractivity contribution is 6.80. The number of carbonyl (C=O) groups excluding carboxylic acids is 2. The fraction of sp³-hybridized carbons (Fsp3) is 0.304. The zero-order chi connectivity index (χ0) is 19.9. The smallest absolute Gasteiger partial charge is 0.240 e. The number of amides is 2. The Morgan fingerprint density at radius 1 is 0.929 bits per heavy atom. The minimum absolute atomic E-state index is 0.125. The molecule has 4 rings (SSSR count). The van der Waals surface area contributed by atoms with Gasteiger partial charge in [-0.05, 0) is 15.8 Å². The summed E-state index contributed by atoms with van der Waals surface area (Å²) in [7, 11) is -2.04. The number of nitrogens with zero attached hydrogens (tertiary/aromatic N) is 1. The summed E-state index contributed by atoms with van der Waals surface area (Å²) >= 11 is 0. The summed E-state index contributed by atoms with van der Waals surface area (Å²) in [5.74, 6) is -0.636. The molecule has 0 bridgehead atoms. The third kappa shape index (κ3) is 3.25. The van der Waals surface area contributed by atoms with Crippen molar-refractivity contribution in [3.8, 4) is 0 Å². The molecule has 0 radical (unpaired) electrons. The average molecular weight is 392 g/mol. The average Bonchev–Trinajstić information content (AvgIpc) is 3.19. The highest BCUT2D eigenvalue weighted by Crippen LogP contribution is 2.44. The van der Waals surface area contributed by atoms with Crippen LogP contribution in [0.25, 0.3) is 0 Å². The van der Waals surface area contributed by atoms with Crippen molar-refractivity contribution in [2.24, 2.45) is 11.3 Å². The van der Waals surface area contributed by atoms with Gasteiger partial charge in [0.05, 0.1) is 17.7 Å². The normalized spacial score (nSPS) is 22.0. The van der Waals surface area contributed by atoms with E-state index in [2.05, 4.69) is 24.3 Å². The van der Waals surface area contributed by atoms with Gasteiger partial charge in [-0.25, -0.2) is 0 Å². The Labute approximate surface area is 167 Å². The van der Waals surface area contributed by atoms with Gasteiger partial charge in [0.15, 0.2) is 0 Å². The SMILES string of the molecule is CC(C)(C)C1C(=O)N2C(=O)CC=C2C1O[SiH](c1ccccc1)c1ccccc1. The molecule has 2 aromatic rings. The van der Waals surface area contributed by atoms with Crippen LogP contribution in [-0.4, -0.2) is 31.9 Å². The van der Waals surface area contributed by atoms with Gasteiger partial charge in [0, 0.05) is 6.42 Å². The van der Waals surface area contributed by atoms with Gasteiger partial charge in [0.2, 0.25) is 20.9 Å². The first-order chi connectivity index (χ1) is 13.4. The van der Waals surface area contributed by atoms with Crippen molar-refractivity contribution in [2.75, 3.05) is 0 Å². The molecule has 2 aromatic carbocycles. The van der Waals surface area contributed by atoms with Crippen molar-refractivity contribution in [3.05, 3.63) is 72.4 Å². The molecule has 0 aromatic heterocycles. The highest BCUT2D eigenvalue weighted by atomic mass is 28.3. The van der Waals surface area contributed by atoms with Crippen molar-refractivity contribution in [2.45, 2.75) is 33.3 Å². The largest absolute Gasteiger partial charge is 0.402 e. The van der Waals surface area contributed by atoms with E-state index in [1.165, 1.54) is 4.90 Å². The molecule has 2 aliphatic rings. The first-order valence-corrected chi connectivity index (χ1v) is 11.3. The highest BCUT2D eigenvalue weighted by Gasteiger charge is 2.54. The molecule has 2 atom stereocenters. The molecule has 2 heterocycles. The van der Waals surface area contributed by atoms with Gasteiger partial charge in [0.25, 0.3) is 0 Å². The van der Waals surface area contributed by atoms with Crippen LogP contribution in [0.4, 0.5) is 0 Å². The molecule has 1 saturated heterocycles. The van der Waals surface area contributed by atoms with E-state index in [0.717, 1.165) is 16.1 Å². The second-order valence-corrected chi connectivity index (χ2v) is 10.9. The van der Waals surface area contributed by atoms with Gasteiger partial charge in [-0.1, -0.05) is 87.5 Å². The minimum Gasteiger partial charge on any atom is -0.402 e. The monoisotopic (exact) mass is 391 g/mol. The predicted molar refractivity (Wildman–Crippen MR) is 112 cm³/mol. The molecule has 2 amide bonds. The Hall–Kier alpha value is -2.50. The molecule has 2 aliphatic heterocycles. The fourth-order valence-electron chi connectivity index (χ4n) is 4.18. The Kier molecular flexibility index (Phi) is 4.81. The molecule has 0 aliphatic carbocycles. The van der Waals surface area contributed by atoms with E-state index in [4.69, 9.17) is 4.43 Å². The van der Waals surface area contributed by atoms with Gasteiger partial charge in [-0.15, -0.1) is 0 Å². The maximum atomic E-state index is 13.1. The third-order valence-corrected chi connectivity index (χ3v) is 8.04. The van der Waals surface area contributed by atoms with Crippen LogP contribution in [-0.2, 0) is 14.0 Å². The molecule has 0 N–H and O–H groups in total. The maximum absolute atomic E-state index is 13.1. The van der Waals surface area contributed by atoms with Crippen LogP contribution >= 0.6 is 0 Å². The number of hydrogen-bond donors (Lipinski definition) is 0. The Bertz CT molecular complexity index is 878. The van der Waals surface area contributed by atoms with Crippen LogP contribution in [0.2, 0.25) is 0 Å². The lowest BCUT2D eigenvalue weighted by atomic mass is 9.78. The first kappa shape index (κ1) is 18.8. The van der Waals surface area contributed by atoms with Crippen LogP contribution in [0.5, 0.6) is 0 Å². The van der Waals surface area contributed by atoms with E-state index in [0.29, 0.717) is 0 Å². The summed E-state index contributed by atoms with van der Waals surface area (Å²) in [6, 6.07) is 20.5. The van der Waals surface area contributed by atoms with Crippen LogP contribution in [0.1, 0.15) is 27.2 Å². The van der Waals surface area contributed by atoms with Gasteiger partial charge in [0.1, 0.15) is 0 Å². The maximum Gasteiger partial charge on any atom is 0.240 e. The lowest BCUT2D eigenvalue weighted by molar-refractivity contribution is -0.142. The van der Waals surface area contributed by atoms with Crippen LogP contribution in [0.3, 0.4) is 0 Å². The van der Waals surface area contributed by atoms with E-state index in [-0.39, 0.29) is 29.6 Å². The lowest BCUT2D eigenvalue weighted by Gasteiger charge is -2.32. The van der Waals surface area contributed by atoms with Crippen molar-refractivity contribution in [1.29, 1.82) is 0 Å². The molecule has 0 saturated carbocycles. The Morgan fingerprint density at radius 2 is 1.46 bits per heavy atom. The zero-order valence-electron chi connectivity index (χ0n) is 16.5. The third-order valence-electron chi connectivity index (χ3n) is 5.49. The summed E-state index contributed by atoms with van der Waals surface area (Å²) in [6.45, 7) is 6.13. The second-order valence-electron chi connectivity index (χ2n) is 8.50. The van der Waals surface area contributed by atoms with E-state index in [1.54, 1.807) is 0 Å². The second kappa shape index (κ2) is 7.15. The molecule has 0 spiro atoms. The quantitative estimate of drug-likeness (QED) is 0.593. The summed E-state index contributed by atoms with van der Waals surface area (Å²) in [4.78, 5) is 26.8. The molecule has 2 unspecified atom stereocenters. The number of benzene rings is 2. The van der Waals surface area contributed by atoms with E-state index in [9.17, 15) is 9.59 Å². The van der Waals surface area contributed by atoms with Crippen molar-refractivity contribution in [1.82, 2.24) is 4.90 Å². The van der Waals surface area contributed by atoms with Crippen LogP contribution < -0.4 is 10.4 Å². The number of hydrogen-bond acceptors (Lipinski definition) is 3. The molecule has 4 nitrogen and oxygen atoms in total. The topological polar surface area (TPSA) is 46.6 Å². The molecule has 1 fully saturated rings. The predicted octanol–water partition coefficient (Wildman–Crippen LogP) is 2.23. The summed E-state index contributed by atoms with van der Waals surface area (Å²) in [6.07, 6.45) is 1.76.